The zero-order valence-electron chi connectivity index (χ0n) is 13.0. The molecule has 0 saturated carbocycles. The van der Waals surface area contributed by atoms with Crippen LogP contribution < -0.4 is 5.32 Å². The molecule has 3 nitrogen and oxygen atoms in total. The van der Waals surface area contributed by atoms with Gasteiger partial charge in [-0.1, -0.05) is 30.7 Å². The summed E-state index contributed by atoms with van der Waals surface area (Å²) < 4.78 is 0. The monoisotopic (exact) mass is 349 g/mol. The van der Waals surface area contributed by atoms with Gasteiger partial charge in [-0.25, -0.2) is 0 Å². The van der Waals surface area contributed by atoms with Gasteiger partial charge in [0, 0.05) is 28.1 Å². The van der Waals surface area contributed by atoms with Gasteiger partial charge in [-0.2, -0.15) is 0 Å². The Bertz CT molecular complexity index is 628. The minimum absolute atomic E-state index is 0.0538. The number of phenols is 1. The maximum absolute atomic E-state index is 11.9. The Kier molecular flexibility index (Phi) is 6.81. The number of hydrogen-bond donors (Lipinski definition) is 2. The third kappa shape index (κ3) is 6.55. The number of amides is 1. The highest BCUT2D eigenvalue weighted by Crippen LogP contribution is 2.27. The van der Waals surface area contributed by atoms with Crippen LogP contribution >= 0.6 is 23.4 Å². The molecule has 0 aliphatic rings. The van der Waals surface area contributed by atoms with Gasteiger partial charge in [0.05, 0.1) is 0 Å². The summed E-state index contributed by atoms with van der Waals surface area (Å²) in [7, 11) is 0. The van der Waals surface area contributed by atoms with Crippen molar-refractivity contribution in [3.63, 3.8) is 0 Å². The second-order valence-electron chi connectivity index (χ2n) is 5.36. The van der Waals surface area contributed by atoms with Gasteiger partial charge in [-0.15, -0.1) is 11.8 Å². The van der Waals surface area contributed by atoms with E-state index in [2.05, 4.69) is 12.2 Å². The zero-order chi connectivity index (χ0) is 16.7. The fourth-order valence-electron chi connectivity index (χ4n) is 2.04. The zero-order valence-corrected chi connectivity index (χ0v) is 14.5. The Balaban J connectivity index is 1.69. The summed E-state index contributed by atoms with van der Waals surface area (Å²) in [6, 6.07) is 14.6. The van der Waals surface area contributed by atoms with Crippen LogP contribution in [0.5, 0.6) is 5.75 Å². The van der Waals surface area contributed by atoms with Crippen LogP contribution in [0.3, 0.4) is 0 Å². The van der Waals surface area contributed by atoms with E-state index < -0.39 is 0 Å². The van der Waals surface area contributed by atoms with Crippen LogP contribution in [-0.2, 0) is 11.3 Å². The predicted molar refractivity (Wildman–Crippen MR) is 96.0 cm³/mol. The number of nitrogens with one attached hydrogen (secondary N) is 1. The number of benzene rings is 2. The van der Waals surface area contributed by atoms with Crippen molar-refractivity contribution in [1.29, 1.82) is 0 Å². The smallest absolute Gasteiger partial charge is 0.220 e. The molecule has 0 aromatic heterocycles. The summed E-state index contributed by atoms with van der Waals surface area (Å²) in [4.78, 5) is 13.0. The highest BCUT2D eigenvalue weighted by Gasteiger charge is 2.08. The predicted octanol–water partition coefficient (Wildman–Crippen LogP) is 4.62. The number of carbonyl (C=O) groups is 1. The van der Waals surface area contributed by atoms with Crippen molar-refractivity contribution >= 4 is 29.3 Å². The van der Waals surface area contributed by atoms with Gasteiger partial charge in [0.25, 0.3) is 0 Å². The molecule has 1 amide bonds. The van der Waals surface area contributed by atoms with Crippen molar-refractivity contribution in [3.05, 3.63) is 59.1 Å². The second kappa shape index (κ2) is 8.85. The number of thioether (sulfide) groups is 1. The molecular formula is C18H20ClNO2S. The summed E-state index contributed by atoms with van der Waals surface area (Å²) in [5.74, 6) is 0.321. The number of aromatic hydroxyl groups is 1. The van der Waals surface area contributed by atoms with Crippen LogP contribution in [0.2, 0.25) is 5.02 Å². The van der Waals surface area contributed by atoms with Crippen molar-refractivity contribution < 1.29 is 9.90 Å². The van der Waals surface area contributed by atoms with E-state index in [1.807, 2.05) is 36.4 Å². The topological polar surface area (TPSA) is 49.3 Å². The largest absolute Gasteiger partial charge is 0.508 e. The first-order valence-corrected chi connectivity index (χ1v) is 8.75. The lowest BCUT2D eigenvalue weighted by molar-refractivity contribution is -0.121. The normalized spacial score (nSPS) is 11.9. The molecule has 5 heteroatoms. The summed E-state index contributed by atoms with van der Waals surface area (Å²) in [6.45, 7) is 2.62. The Hall–Kier alpha value is -1.65. The molecule has 2 N–H and O–H groups in total. The SMILES string of the molecule is CC(CCC(=O)NCc1ccc(Cl)cc1)Sc1ccc(O)cc1. The first-order valence-electron chi connectivity index (χ1n) is 7.50. The van der Waals surface area contributed by atoms with Crippen LogP contribution in [0.25, 0.3) is 0 Å². The van der Waals surface area contributed by atoms with Crippen LogP contribution in [0.15, 0.2) is 53.4 Å². The van der Waals surface area contributed by atoms with E-state index in [4.69, 9.17) is 11.6 Å². The molecule has 2 rings (SSSR count). The number of rotatable bonds is 7. The van der Waals surface area contributed by atoms with Crippen LogP contribution in [0, 0.1) is 0 Å². The lowest BCUT2D eigenvalue weighted by atomic mass is 10.2. The Morgan fingerprint density at radius 1 is 1.17 bits per heavy atom. The fraction of sp³-hybridized carbons (Fsp3) is 0.278. The second-order valence-corrected chi connectivity index (χ2v) is 7.31. The van der Waals surface area contributed by atoms with Crippen LogP contribution in [-0.4, -0.2) is 16.3 Å². The van der Waals surface area contributed by atoms with Gasteiger partial charge >= 0.3 is 0 Å². The molecule has 0 fully saturated rings. The molecule has 0 heterocycles. The number of halogens is 1. The molecule has 2 aromatic rings. The summed E-state index contributed by atoms with van der Waals surface area (Å²) in [6.07, 6.45) is 1.30. The number of hydrogen-bond acceptors (Lipinski definition) is 3. The van der Waals surface area contributed by atoms with Gasteiger partial charge in [0.15, 0.2) is 0 Å². The first kappa shape index (κ1) is 17.7. The van der Waals surface area contributed by atoms with E-state index in [9.17, 15) is 9.90 Å². The molecule has 0 aliphatic carbocycles. The van der Waals surface area contributed by atoms with E-state index in [0.717, 1.165) is 16.9 Å². The van der Waals surface area contributed by atoms with E-state index in [0.29, 0.717) is 23.2 Å². The molecule has 0 aliphatic heterocycles. The van der Waals surface area contributed by atoms with E-state index in [1.54, 1.807) is 23.9 Å². The van der Waals surface area contributed by atoms with Gasteiger partial charge in [-0.3, -0.25) is 4.79 Å². The van der Waals surface area contributed by atoms with Crippen molar-refractivity contribution in [1.82, 2.24) is 5.32 Å². The van der Waals surface area contributed by atoms with Gasteiger partial charge in [-0.05, 0) is 48.4 Å². The minimum Gasteiger partial charge on any atom is -0.508 e. The molecular weight excluding hydrogens is 330 g/mol. The molecule has 0 spiro atoms. The summed E-state index contributed by atoms with van der Waals surface area (Å²) >= 11 is 7.54. The van der Waals surface area contributed by atoms with E-state index >= 15 is 0 Å². The average molecular weight is 350 g/mol. The van der Waals surface area contributed by atoms with Crippen LogP contribution in [0.1, 0.15) is 25.3 Å². The highest BCUT2D eigenvalue weighted by molar-refractivity contribution is 7.99. The molecule has 0 radical (unpaired) electrons. The maximum atomic E-state index is 11.9. The van der Waals surface area contributed by atoms with Crippen molar-refractivity contribution in [2.75, 3.05) is 0 Å². The molecule has 2 aromatic carbocycles. The molecule has 1 atom stereocenters. The Labute approximate surface area is 146 Å². The third-order valence-electron chi connectivity index (χ3n) is 3.35. The quantitative estimate of drug-likeness (QED) is 0.717. The lowest BCUT2D eigenvalue weighted by Crippen LogP contribution is -2.23. The number of phenolic OH excluding ortho intramolecular Hbond substituents is 1. The Morgan fingerprint density at radius 3 is 2.48 bits per heavy atom. The van der Waals surface area contributed by atoms with Crippen molar-refractivity contribution in [2.45, 2.75) is 36.5 Å². The van der Waals surface area contributed by atoms with E-state index in [1.165, 1.54) is 0 Å². The Morgan fingerprint density at radius 2 is 1.83 bits per heavy atom. The highest BCUT2D eigenvalue weighted by atomic mass is 35.5. The first-order chi connectivity index (χ1) is 11.0. The third-order valence-corrected chi connectivity index (χ3v) is 4.79. The molecule has 0 saturated heterocycles. The summed E-state index contributed by atoms with van der Waals surface area (Å²) in [5, 5.41) is 13.2. The van der Waals surface area contributed by atoms with Crippen molar-refractivity contribution in [3.8, 4) is 5.75 Å². The standard InChI is InChI=1S/C18H20ClNO2S/c1-13(23-17-9-7-16(21)8-10-17)2-11-18(22)20-12-14-3-5-15(19)6-4-14/h3-10,13,21H,2,11-12H2,1H3,(H,20,22). The van der Waals surface area contributed by atoms with Gasteiger partial charge in [0.1, 0.15) is 5.75 Å². The maximum Gasteiger partial charge on any atom is 0.220 e. The van der Waals surface area contributed by atoms with Gasteiger partial charge < -0.3 is 10.4 Å². The molecule has 1 unspecified atom stereocenters. The van der Waals surface area contributed by atoms with Crippen molar-refractivity contribution in [2.24, 2.45) is 0 Å². The minimum atomic E-state index is 0.0538. The number of carbonyl (C=O) groups excluding carboxylic acids is 1. The fourth-order valence-corrected chi connectivity index (χ4v) is 3.16. The van der Waals surface area contributed by atoms with Gasteiger partial charge in [0.2, 0.25) is 5.91 Å². The molecule has 122 valence electrons. The molecule has 0 bridgehead atoms. The lowest BCUT2D eigenvalue weighted by Gasteiger charge is -2.11. The average Bonchev–Trinajstić information content (AvgIpc) is 2.54. The van der Waals surface area contributed by atoms with Crippen LogP contribution in [0.4, 0.5) is 0 Å². The van der Waals surface area contributed by atoms with E-state index in [-0.39, 0.29) is 11.7 Å². The molecule has 23 heavy (non-hydrogen) atoms. The summed E-state index contributed by atoms with van der Waals surface area (Å²) in [5.41, 5.74) is 1.04.